The summed E-state index contributed by atoms with van der Waals surface area (Å²) in [6.07, 6.45) is 1.34. The van der Waals surface area contributed by atoms with E-state index in [1.165, 1.54) is 11.1 Å². The number of rotatable bonds is 5. The van der Waals surface area contributed by atoms with Crippen LogP contribution in [0.15, 0.2) is 48.5 Å². The van der Waals surface area contributed by atoms with Gasteiger partial charge in [-0.25, -0.2) is 9.69 Å². The fraction of sp³-hybridized carbons (Fsp3) is 0.318. The molecule has 0 spiro atoms. The van der Waals surface area contributed by atoms with Gasteiger partial charge in [0.2, 0.25) is 5.91 Å². The summed E-state index contributed by atoms with van der Waals surface area (Å²) in [5.41, 5.74) is 2.93. The number of urea groups is 1. The number of carbonyl (C=O) groups is 3. The molecular weight excluding hydrogens is 370 g/mol. The zero-order valence-corrected chi connectivity index (χ0v) is 16.3. The van der Waals surface area contributed by atoms with E-state index in [2.05, 4.69) is 11.4 Å². The largest absolute Gasteiger partial charge is 0.497 e. The van der Waals surface area contributed by atoms with Crippen LogP contribution in [0.5, 0.6) is 5.75 Å². The summed E-state index contributed by atoms with van der Waals surface area (Å²) >= 11 is 0. The van der Waals surface area contributed by atoms with E-state index < -0.39 is 12.1 Å². The second kappa shape index (κ2) is 7.95. The van der Waals surface area contributed by atoms with Crippen LogP contribution in [0, 0.1) is 0 Å². The van der Waals surface area contributed by atoms with Crippen LogP contribution in [-0.4, -0.2) is 42.4 Å². The van der Waals surface area contributed by atoms with Crippen molar-refractivity contribution in [2.45, 2.75) is 31.8 Å². The van der Waals surface area contributed by atoms with Crippen molar-refractivity contribution in [1.29, 1.82) is 0 Å². The second-order valence-electron chi connectivity index (χ2n) is 7.25. The molecular formula is C22H23N3O4. The zero-order chi connectivity index (χ0) is 20.4. The minimum Gasteiger partial charge on any atom is -0.497 e. The van der Waals surface area contributed by atoms with Crippen molar-refractivity contribution < 1.29 is 19.1 Å². The number of nitrogens with zero attached hydrogens (tertiary/aromatic N) is 2. The van der Waals surface area contributed by atoms with Gasteiger partial charge in [0.25, 0.3) is 5.91 Å². The molecule has 2 aromatic rings. The van der Waals surface area contributed by atoms with Gasteiger partial charge in [-0.15, -0.1) is 0 Å². The highest BCUT2D eigenvalue weighted by atomic mass is 16.5. The number of imide groups is 1. The molecule has 0 aromatic heterocycles. The van der Waals surface area contributed by atoms with E-state index in [1.807, 2.05) is 23.1 Å². The summed E-state index contributed by atoms with van der Waals surface area (Å²) in [6.45, 7) is 1.27. The van der Waals surface area contributed by atoms with Crippen LogP contribution in [0.3, 0.4) is 0 Å². The van der Waals surface area contributed by atoms with Crippen molar-refractivity contribution >= 4 is 23.5 Å². The van der Waals surface area contributed by atoms with E-state index in [9.17, 15) is 14.4 Å². The Hall–Kier alpha value is -3.35. The van der Waals surface area contributed by atoms with Crippen LogP contribution in [0.4, 0.5) is 10.5 Å². The number of hydrogen-bond acceptors (Lipinski definition) is 4. The first-order valence-electron chi connectivity index (χ1n) is 9.70. The fourth-order valence-electron chi connectivity index (χ4n) is 3.84. The molecule has 2 aliphatic heterocycles. The van der Waals surface area contributed by atoms with Gasteiger partial charge in [0, 0.05) is 19.5 Å². The Balaban J connectivity index is 1.36. The number of nitrogens with one attached hydrogen (secondary N) is 1. The van der Waals surface area contributed by atoms with Gasteiger partial charge in [-0.3, -0.25) is 9.59 Å². The topological polar surface area (TPSA) is 79.0 Å². The summed E-state index contributed by atoms with van der Waals surface area (Å²) in [6, 6.07) is 13.7. The molecule has 150 valence electrons. The predicted octanol–water partition coefficient (Wildman–Crippen LogP) is 2.49. The van der Waals surface area contributed by atoms with Gasteiger partial charge < -0.3 is 15.0 Å². The van der Waals surface area contributed by atoms with Crippen molar-refractivity contribution in [2.75, 3.05) is 18.6 Å². The molecule has 2 aromatic carbocycles. The molecule has 7 nitrogen and oxygen atoms in total. The van der Waals surface area contributed by atoms with E-state index in [0.29, 0.717) is 24.5 Å². The lowest BCUT2D eigenvalue weighted by molar-refractivity contribution is -0.132. The van der Waals surface area contributed by atoms with Crippen molar-refractivity contribution in [3.8, 4) is 5.75 Å². The van der Waals surface area contributed by atoms with Crippen molar-refractivity contribution in [3.05, 3.63) is 59.7 Å². The summed E-state index contributed by atoms with van der Waals surface area (Å²) < 4.78 is 5.11. The number of benzene rings is 2. The minimum atomic E-state index is -0.689. The molecule has 0 bridgehead atoms. The van der Waals surface area contributed by atoms with Crippen LogP contribution < -0.4 is 15.0 Å². The van der Waals surface area contributed by atoms with Gasteiger partial charge >= 0.3 is 6.03 Å². The monoisotopic (exact) mass is 393 g/mol. The second-order valence-corrected chi connectivity index (χ2v) is 7.25. The molecule has 1 atom stereocenters. The number of ether oxygens (including phenoxy) is 1. The molecule has 1 N–H and O–H groups in total. The molecule has 0 saturated carbocycles. The SMILES string of the molecule is COc1ccc(N2C(=O)NC(CCC(=O)N3CCc4ccccc4C3)C2=O)cc1. The lowest BCUT2D eigenvalue weighted by Gasteiger charge is -2.29. The summed E-state index contributed by atoms with van der Waals surface area (Å²) in [5, 5.41) is 2.69. The number of anilines is 1. The standard InChI is InChI=1S/C22H23N3O4/c1-29-18-8-6-17(7-9-18)25-21(27)19(23-22(25)28)10-11-20(26)24-13-12-15-4-2-3-5-16(15)14-24/h2-9,19H,10-14H2,1H3,(H,23,28). The Morgan fingerprint density at radius 3 is 2.55 bits per heavy atom. The van der Waals surface area contributed by atoms with Crippen LogP contribution in [0.1, 0.15) is 24.0 Å². The molecule has 4 amide bonds. The van der Waals surface area contributed by atoms with E-state index in [4.69, 9.17) is 4.74 Å². The maximum absolute atomic E-state index is 12.7. The average molecular weight is 393 g/mol. The first-order valence-corrected chi connectivity index (χ1v) is 9.70. The normalized spacial score (nSPS) is 18.4. The van der Waals surface area contributed by atoms with Gasteiger partial charge in [0.1, 0.15) is 11.8 Å². The van der Waals surface area contributed by atoms with E-state index in [-0.39, 0.29) is 24.7 Å². The summed E-state index contributed by atoms with van der Waals surface area (Å²) in [7, 11) is 1.55. The first-order chi connectivity index (χ1) is 14.1. The average Bonchev–Trinajstić information content (AvgIpc) is 3.04. The maximum Gasteiger partial charge on any atom is 0.329 e. The van der Waals surface area contributed by atoms with Crippen LogP contribution in [0.25, 0.3) is 0 Å². The molecule has 1 unspecified atom stereocenters. The number of fused-ring (bicyclic) bond motifs is 1. The number of amides is 4. The third kappa shape index (κ3) is 3.81. The first kappa shape index (κ1) is 19.0. The summed E-state index contributed by atoms with van der Waals surface area (Å²) in [5.74, 6) is 0.312. The predicted molar refractivity (Wildman–Crippen MR) is 108 cm³/mol. The van der Waals surface area contributed by atoms with Crippen LogP contribution in [-0.2, 0) is 22.6 Å². The molecule has 7 heteroatoms. The molecule has 0 radical (unpaired) electrons. The number of hydrogen-bond donors (Lipinski definition) is 1. The van der Waals surface area contributed by atoms with Gasteiger partial charge in [-0.2, -0.15) is 0 Å². The molecule has 2 heterocycles. The molecule has 2 aliphatic rings. The third-order valence-corrected chi connectivity index (χ3v) is 5.48. The van der Waals surface area contributed by atoms with Crippen LogP contribution in [0.2, 0.25) is 0 Å². The lowest BCUT2D eigenvalue weighted by atomic mass is 9.99. The van der Waals surface area contributed by atoms with Crippen molar-refractivity contribution in [3.63, 3.8) is 0 Å². The highest BCUT2D eigenvalue weighted by molar-refractivity contribution is 6.21. The third-order valence-electron chi connectivity index (χ3n) is 5.48. The van der Waals surface area contributed by atoms with Gasteiger partial charge in [-0.1, -0.05) is 24.3 Å². The number of carbonyl (C=O) groups excluding carboxylic acids is 3. The van der Waals surface area contributed by atoms with Crippen molar-refractivity contribution in [2.24, 2.45) is 0 Å². The van der Waals surface area contributed by atoms with Gasteiger partial charge in [0.15, 0.2) is 0 Å². The Labute approximate surface area is 169 Å². The van der Waals surface area contributed by atoms with E-state index >= 15 is 0 Å². The van der Waals surface area contributed by atoms with E-state index in [0.717, 1.165) is 11.3 Å². The highest BCUT2D eigenvalue weighted by Crippen LogP contribution is 2.24. The van der Waals surface area contributed by atoms with Crippen molar-refractivity contribution in [1.82, 2.24) is 10.2 Å². The molecule has 0 aliphatic carbocycles. The maximum atomic E-state index is 12.7. The zero-order valence-electron chi connectivity index (χ0n) is 16.3. The Kier molecular flexibility index (Phi) is 5.20. The van der Waals surface area contributed by atoms with Gasteiger partial charge in [-0.05, 0) is 48.2 Å². The number of methoxy groups -OCH3 is 1. The highest BCUT2D eigenvalue weighted by Gasteiger charge is 2.39. The Bertz CT molecular complexity index is 941. The Morgan fingerprint density at radius 2 is 1.83 bits per heavy atom. The van der Waals surface area contributed by atoms with E-state index in [1.54, 1.807) is 31.4 Å². The minimum absolute atomic E-state index is 0.00412. The van der Waals surface area contributed by atoms with Gasteiger partial charge in [0.05, 0.1) is 12.8 Å². The molecule has 29 heavy (non-hydrogen) atoms. The molecule has 1 fully saturated rings. The Morgan fingerprint density at radius 1 is 1.10 bits per heavy atom. The summed E-state index contributed by atoms with van der Waals surface area (Å²) in [4.78, 5) is 40.6. The molecule has 1 saturated heterocycles. The lowest BCUT2D eigenvalue weighted by Crippen LogP contribution is -2.37. The fourth-order valence-corrected chi connectivity index (χ4v) is 3.84. The quantitative estimate of drug-likeness (QED) is 0.792. The van der Waals surface area contributed by atoms with Crippen LogP contribution >= 0.6 is 0 Å². The molecule has 4 rings (SSSR count). The smallest absolute Gasteiger partial charge is 0.329 e.